The molecule has 0 aliphatic carbocycles. The van der Waals surface area contributed by atoms with Crippen LogP contribution >= 0.6 is 0 Å². The molecule has 0 aliphatic rings. The standard InChI is InChI=1S/C11H17NO2/c1-11(2,13)7-9-4-3-5-10(6-9)8-12-14/h3-6,12-14H,7-8H2,1-2H3. The van der Waals surface area contributed by atoms with Crippen LogP contribution in [0.3, 0.4) is 0 Å². The number of benzene rings is 1. The lowest BCUT2D eigenvalue weighted by Crippen LogP contribution is -2.21. The summed E-state index contributed by atoms with van der Waals surface area (Å²) in [4.78, 5) is 0. The molecule has 0 saturated heterocycles. The van der Waals surface area contributed by atoms with Gasteiger partial charge in [0, 0.05) is 13.0 Å². The molecule has 0 aromatic heterocycles. The molecule has 14 heavy (non-hydrogen) atoms. The molecule has 3 nitrogen and oxygen atoms in total. The Kier molecular flexibility index (Phi) is 3.63. The van der Waals surface area contributed by atoms with Gasteiger partial charge in [0.25, 0.3) is 0 Å². The van der Waals surface area contributed by atoms with Gasteiger partial charge in [-0.25, -0.2) is 5.48 Å². The lowest BCUT2D eigenvalue weighted by molar-refractivity contribution is 0.0810. The molecule has 1 rings (SSSR count). The molecule has 0 heterocycles. The van der Waals surface area contributed by atoms with Gasteiger partial charge in [-0.15, -0.1) is 0 Å². The van der Waals surface area contributed by atoms with Gasteiger partial charge in [0.2, 0.25) is 0 Å². The molecule has 3 heteroatoms. The maximum atomic E-state index is 9.63. The van der Waals surface area contributed by atoms with Crippen LogP contribution in [0.4, 0.5) is 0 Å². The van der Waals surface area contributed by atoms with E-state index in [2.05, 4.69) is 5.48 Å². The Morgan fingerprint density at radius 1 is 1.29 bits per heavy atom. The second-order valence-electron chi connectivity index (χ2n) is 4.14. The summed E-state index contributed by atoms with van der Waals surface area (Å²) >= 11 is 0. The zero-order valence-corrected chi connectivity index (χ0v) is 8.62. The van der Waals surface area contributed by atoms with Crippen LogP contribution in [0.5, 0.6) is 0 Å². The Labute approximate surface area is 84.3 Å². The van der Waals surface area contributed by atoms with E-state index >= 15 is 0 Å². The van der Waals surface area contributed by atoms with Crippen LogP contribution in [0.1, 0.15) is 25.0 Å². The first kappa shape index (κ1) is 11.2. The number of nitrogens with one attached hydrogen (secondary N) is 1. The Balaban J connectivity index is 2.73. The van der Waals surface area contributed by atoms with Gasteiger partial charge in [0.15, 0.2) is 0 Å². The highest BCUT2D eigenvalue weighted by molar-refractivity contribution is 5.24. The van der Waals surface area contributed by atoms with E-state index in [0.717, 1.165) is 11.1 Å². The van der Waals surface area contributed by atoms with Gasteiger partial charge >= 0.3 is 0 Å². The number of rotatable bonds is 4. The van der Waals surface area contributed by atoms with Crippen molar-refractivity contribution in [1.29, 1.82) is 0 Å². The van der Waals surface area contributed by atoms with Crippen LogP contribution in [0.15, 0.2) is 24.3 Å². The minimum atomic E-state index is -0.689. The summed E-state index contributed by atoms with van der Waals surface area (Å²) in [6, 6.07) is 7.80. The van der Waals surface area contributed by atoms with Crippen molar-refractivity contribution in [3.63, 3.8) is 0 Å². The molecule has 1 aromatic rings. The maximum absolute atomic E-state index is 9.63. The molecule has 0 spiro atoms. The molecule has 78 valence electrons. The van der Waals surface area contributed by atoms with Gasteiger partial charge in [0.05, 0.1) is 5.60 Å². The molecule has 0 atom stereocenters. The smallest absolute Gasteiger partial charge is 0.0631 e. The van der Waals surface area contributed by atoms with E-state index in [4.69, 9.17) is 5.21 Å². The van der Waals surface area contributed by atoms with Crippen molar-refractivity contribution in [2.75, 3.05) is 0 Å². The van der Waals surface area contributed by atoms with E-state index in [1.165, 1.54) is 0 Å². The Hall–Kier alpha value is -0.900. The van der Waals surface area contributed by atoms with Gasteiger partial charge in [0.1, 0.15) is 0 Å². The van der Waals surface area contributed by atoms with Gasteiger partial charge in [-0.2, -0.15) is 0 Å². The largest absolute Gasteiger partial charge is 0.390 e. The predicted molar refractivity (Wildman–Crippen MR) is 55.1 cm³/mol. The lowest BCUT2D eigenvalue weighted by Gasteiger charge is -2.17. The molecule has 0 amide bonds. The summed E-state index contributed by atoms with van der Waals surface area (Å²) in [6.07, 6.45) is 0.617. The van der Waals surface area contributed by atoms with Crippen LogP contribution in [-0.2, 0) is 13.0 Å². The summed E-state index contributed by atoms with van der Waals surface area (Å²) in [5, 5.41) is 18.2. The van der Waals surface area contributed by atoms with Gasteiger partial charge in [-0.1, -0.05) is 24.3 Å². The van der Waals surface area contributed by atoms with Crippen molar-refractivity contribution >= 4 is 0 Å². The average Bonchev–Trinajstić information content (AvgIpc) is 2.02. The summed E-state index contributed by atoms with van der Waals surface area (Å²) < 4.78 is 0. The molecule has 0 saturated carbocycles. The second kappa shape index (κ2) is 4.55. The van der Waals surface area contributed by atoms with Crippen molar-refractivity contribution in [2.24, 2.45) is 0 Å². The zero-order chi connectivity index (χ0) is 10.6. The first-order valence-electron chi connectivity index (χ1n) is 4.68. The highest BCUT2D eigenvalue weighted by Crippen LogP contribution is 2.13. The van der Waals surface area contributed by atoms with E-state index in [1.807, 2.05) is 24.3 Å². The number of hydroxylamine groups is 1. The number of hydrogen-bond acceptors (Lipinski definition) is 3. The van der Waals surface area contributed by atoms with Crippen LogP contribution in [-0.4, -0.2) is 15.9 Å². The summed E-state index contributed by atoms with van der Waals surface area (Å²) in [6.45, 7) is 3.99. The fourth-order valence-corrected chi connectivity index (χ4v) is 1.44. The lowest BCUT2D eigenvalue weighted by atomic mass is 9.97. The minimum absolute atomic E-state index is 0.430. The highest BCUT2D eigenvalue weighted by Gasteiger charge is 2.13. The van der Waals surface area contributed by atoms with Crippen molar-refractivity contribution < 1.29 is 10.3 Å². The SMILES string of the molecule is CC(C)(O)Cc1cccc(CNO)c1. The van der Waals surface area contributed by atoms with E-state index in [1.54, 1.807) is 13.8 Å². The van der Waals surface area contributed by atoms with Crippen molar-refractivity contribution in [3.05, 3.63) is 35.4 Å². The van der Waals surface area contributed by atoms with Crippen molar-refractivity contribution in [1.82, 2.24) is 5.48 Å². The summed E-state index contributed by atoms with van der Waals surface area (Å²) in [5.41, 5.74) is 3.51. The molecule has 0 bridgehead atoms. The summed E-state index contributed by atoms with van der Waals surface area (Å²) in [5.74, 6) is 0. The van der Waals surface area contributed by atoms with Gasteiger partial charge < -0.3 is 10.3 Å². The Morgan fingerprint density at radius 2 is 1.93 bits per heavy atom. The summed E-state index contributed by atoms with van der Waals surface area (Å²) in [7, 11) is 0. The molecular formula is C11H17NO2. The van der Waals surface area contributed by atoms with Crippen LogP contribution < -0.4 is 5.48 Å². The fourth-order valence-electron chi connectivity index (χ4n) is 1.44. The quantitative estimate of drug-likeness (QED) is 0.638. The molecule has 0 unspecified atom stereocenters. The van der Waals surface area contributed by atoms with Gasteiger partial charge in [-0.3, -0.25) is 0 Å². The monoisotopic (exact) mass is 195 g/mol. The van der Waals surface area contributed by atoms with E-state index in [9.17, 15) is 5.11 Å². The number of aliphatic hydroxyl groups is 1. The van der Waals surface area contributed by atoms with E-state index < -0.39 is 5.60 Å². The maximum Gasteiger partial charge on any atom is 0.0631 e. The van der Waals surface area contributed by atoms with Crippen molar-refractivity contribution in [3.8, 4) is 0 Å². The van der Waals surface area contributed by atoms with E-state index in [0.29, 0.717) is 13.0 Å². The molecule has 0 aliphatic heterocycles. The predicted octanol–water partition coefficient (Wildman–Crippen LogP) is 1.48. The zero-order valence-electron chi connectivity index (χ0n) is 8.62. The fraction of sp³-hybridized carbons (Fsp3) is 0.455. The van der Waals surface area contributed by atoms with Gasteiger partial charge in [-0.05, 0) is 25.0 Å². The second-order valence-corrected chi connectivity index (χ2v) is 4.14. The van der Waals surface area contributed by atoms with Crippen molar-refractivity contribution in [2.45, 2.75) is 32.4 Å². The first-order chi connectivity index (χ1) is 6.51. The third-order valence-corrected chi connectivity index (χ3v) is 1.91. The van der Waals surface area contributed by atoms with E-state index in [-0.39, 0.29) is 0 Å². The Morgan fingerprint density at radius 3 is 2.50 bits per heavy atom. The Bertz CT molecular complexity index is 292. The number of hydrogen-bond donors (Lipinski definition) is 3. The molecule has 3 N–H and O–H groups in total. The first-order valence-corrected chi connectivity index (χ1v) is 4.68. The topological polar surface area (TPSA) is 52.5 Å². The third kappa shape index (κ3) is 3.87. The molecule has 0 fully saturated rings. The average molecular weight is 195 g/mol. The third-order valence-electron chi connectivity index (χ3n) is 1.91. The van der Waals surface area contributed by atoms with Crippen LogP contribution in [0.25, 0.3) is 0 Å². The molecule has 1 aromatic carbocycles. The van der Waals surface area contributed by atoms with Crippen LogP contribution in [0, 0.1) is 0 Å². The highest BCUT2D eigenvalue weighted by atomic mass is 16.5. The molecule has 0 radical (unpaired) electrons. The van der Waals surface area contributed by atoms with Crippen LogP contribution in [0.2, 0.25) is 0 Å². The molecular weight excluding hydrogens is 178 g/mol. The minimum Gasteiger partial charge on any atom is -0.390 e. The normalized spacial score (nSPS) is 11.7.